The predicted molar refractivity (Wildman–Crippen MR) is 43.9 cm³/mol. The number of hydrogen-bond donors (Lipinski definition) is 5. The van der Waals surface area contributed by atoms with E-state index in [1.54, 1.807) is 0 Å². The summed E-state index contributed by atoms with van der Waals surface area (Å²) in [6, 6.07) is -0.285. The molecule has 1 atom stereocenters. The highest BCUT2D eigenvalue weighted by Gasteiger charge is 2.05. The van der Waals surface area contributed by atoms with Gasteiger partial charge in [-0.2, -0.15) is 0 Å². The molecule has 0 aliphatic carbocycles. The smallest absolute Gasteiger partial charge is 0.304 e. The lowest BCUT2D eigenvalue weighted by Crippen LogP contribution is -2.26. The highest BCUT2D eigenvalue weighted by molar-refractivity contribution is 5.67. The van der Waals surface area contributed by atoms with E-state index in [0.29, 0.717) is 13.0 Å². The van der Waals surface area contributed by atoms with Crippen LogP contribution in [0.5, 0.6) is 0 Å². The van der Waals surface area contributed by atoms with Crippen molar-refractivity contribution in [3.8, 4) is 0 Å². The first-order chi connectivity index (χ1) is 4.16. The molecule has 11 N–H and O–H groups in total. The molecule has 0 aromatic carbocycles. The van der Waals surface area contributed by atoms with Gasteiger partial charge in [0.05, 0.1) is 6.42 Å². The molecule has 0 aliphatic rings. The Kier molecular flexibility index (Phi) is 14.2. The third kappa shape index (κ3) is 12.5. The zero-order chi connectivity index (χ0) is 7.28. The lowest BCUT2D eigenvalue weighted by atomic mass is 10.1. The molecule has 0 aromatic heterocycles. The van der Waals surface area contributed by atoms with Gasteiger partial charge in [-0.3, -0.25) is 4.79 Å². The Morgan fingerprint density at radius 1 is 1.45 bits per heavy atom. The van der Waals surface area contributed by atoms with Crippen LogP contribution in [0.2, 0.25) is 0 Å². The minimum absolute atomic E-state index is 0. The van der Waals surface area contributed by atoms with Gasteiger partial charge in [-0.25, -0.2) is 0 Å². The summed E-state index contributed by atoms with van der Waals surface area (Å²) in [5.41, 5.74) is 10.5. The van der Waals surface area contributed by atoms with Gasteiger partial charge >= 0.3 is 5.97 Å². The number of aliphatic carboxylic acids is 1. The molecule has 0 heterocycles. The number of hydrogen-bond acceptors (Lipinski definition) is 5. The monoisotopic (exact) mass is 166 g/mol. The van der Waals surface area contributed by atoms with Crippen molar-refractivity contribution in [2.24, 2.45) is 11.5 Å². The minimum Gasteiger partial charge on any atom is -0.481 e. The molecule has 0 saturated carbocycles. The quantitative estimate of drug-likeness (QED) is 0.377. The Hall–Kier alpha value is -0.690. The zero-order valence-electron chi connectivity index (χ0n) is 6.62. The highest BCUT2D eigenvalue weighted by Crippen LogP contribution is 1.91. The van der Waals surface area contributed by atoms with E-state index in [-0.39, 0.29) is 24.8 Å². The molecule has 0 bridgehead atoms. The highest BCUT2D eigenvalue weighted by atomic mass is 16.4. The molecule has 0 aliphatic heterocycles. The van der Waals surface area contributed by atoms with Gasteiger partial charge in [-0.15, -0.1) is 0 Å². The van der Waals surface area contributed by atoms with Gasteiger partial charge in [-0.05, 0) is 13.0 Å². The third-order valence-electron chi connectivity index (χ3n) is 0.974. The van der Waals surface area contributed by atoms with E-state index in [1.807, 2.05) is 0 Å². The molecule has 0 fully saturated rings. The SMILES string of the molecule is N.N.NCCC(N)CC(=O)O. The van der Waals surface area contributed by atoms with Crippen molar-refractivity contribution in [1.82, 2.24) is 12.3 Å². The van der Waals surface area contributed by atoms with Gasteiger partial charge in [-0.1, -0.05) is 0 Å². The van der Waals surface area contributed by atoms with Crippen LogP contribution < -0.4 is 23.8 Å². The Balaban J connectivity index is -0.000000320. The fourth-order valence-corrected chi connectivity index (χ4v) is 0.540. The molecular formula is C5H18N4O2. The first-order valence-electron chi connectivity index (χ1n) is 2.84. The summed E-state index contributed by atoms with van der Waals surface area (Å²) in [6.07, 6.45) is 0.587. The summed E-state index contributed by atoms with van der Waals surface area (Å²) in [6.45, 7) is 0.453. The minimum atomic E-state index is -0.865. The molecule has 0 spiro atoms. The van der Waals surface area contributed by atoms with E-state index in [0.717, 1.165) is 0 Å². The van der Waals surface area contributed by atoms with Gasteiger partial charge in [0.1, 0.15) is 0 Å². The first kappa shape index (κ1) is 16.7. The van der Waals surface area contributed by atoms with Crippen LogP contribution >= 0.6 is 0 Å². The van der Waals surface area contributed by atoms with E-state index < -0.39 is 5.97 Å². The van der Waals surface area contributed by atoms with Crippen LogP contribution in [-0.2, 0) is 4.79 Å². The van der Waals surface area contributed by atoms with Crippen LogP contribution in [0, 0.1) is 0 Å². The number of carboxylic acid groups (broad SMARTS) is 1. The Labute approximate surface area is 66.1 Å². The molecule has 0 rings (SSSR count). The van der Waals surface area contributed by atoms with E-state index in [1.165, 1.54) is 0 Å². The van der Waals surface area contributed by atoms with Crippen LogP contribution in [0.3, 0.4) is 0 Å². The van der Waals surface area contributed by atoms with Crippen molar-refractivity contribution in [2.45, 2.75) is 18.9 Å². The maximum absolute atomic E-state index is 9.96. The topological polar surface area (TPSA) is 159 Å². The predicted octanol–water partition coefficient (Wildman–Crippen LogP) is -0.539. The summed E-state index contributed by atoms with van der Waals surface area (Å²) >= 11 is 0. The van der Waals surface area contributed by atoms with Crippen molar-refractivity contribution in [3.63, 3.8) is 0 Å². The van der Waals surface area contributed by atoms with Crippen molar-refractivity contribution < 1.29 is 9.90 Å². The second-order valence-electron chi connectivity index (χ2n) is 1.94. The number of nitrogens with two attached hydrogens (primary N) is 2. The maximum atomic E-state index is 9.96. The lowest BCUT2D eigenvalue weighted by molar-refractivity contribution is -0.137. The van der Waals surface area contributed by atoms with Gasteiger partial charge in [0.15, 0.2) is 0 Å². The second kappa shape index (κ2) is 9.31. The number of carboxylic acids is 1. The van der Waals surface area contributed by atoms with Crippen molar-refractivity contribution in [3.05, 3.63) is 0 Å². The molecule has 0 aromatic rings. The Morgan fingerprint density at radius 2 is 1.91 bits per heavy atom. The van der Waals surface area contributed by atoms with Crippen LogP contribution in [0.15, 0.2) is 0 Å². The summed E-state index contributed by atoms with van der Waals surface area (Å²) in [5.74, 6) is -0.865. The molecule has 0 saturated heterocycles. The van der Waals surface area contributed by atoms with Crippen LogP contribution in [-0.4, -0.2) is 23.7 Å². The second-order valence-corrected chi connectivity index (χ2v) is 1.94. The summed E-state index contributed by atoms with van der Waals surface area (Å²) in [4.78, 5) is 9.96. The van der Waals surface area contributed by atoms with E-state index in [2.05, 4.69) is 0 Å². The molecule has 6 heteroatoms. The van der Waals surface area contributed by atoms with Gasteiger partial charge in [0.25, 0.3) is 0 Å². The zero-order valence-corrected chi connectivity index (χ0v) is 6.62. The Morgan fingerprint density at radius 3 is 2.18 bits per heavy atom. The van der Waals surface area contributed by atoms with Crippen molar-refractivity contribution >= 4 is 5.97 Å². The van der Waals surface area contributed by atoms with E-state index in [4.69, 9.17) is 16.6 Å². The normalized spacial score (nSPS) is 10.7. The lowest BCUT2D eigenvalue weighted by Gasteiger charge is -2.04. The van der Waals surface area contributed by atoms with Crippen LogP contribution in [0.1, 0.15) is 12.8 Å². The fraction of sp³-hybridized carbons (Fsp3) is 0.800. The van der Waals surface area contributed by atoms with Gasteiger partial charge < -0.3 is 28.9 Å². The maximum Gasteiger partial charge on any atom is 0.304 e. The van der Waals surface area contributed by atoms with Gasteiger partial charge in [0, 0.05) is 6.04 Å². The van der Waals surface area contributed by atoms with Gasteiger partial charge in [0.2, 0.25) is 0 Å². The van der Waals surface area contributed by atoms with Crippen molar-refractivity contribution in [2.75, 3.05) is 6.54 Å². The molecule has 11 heavy (non-hydrogen) atoms. The number of carbonyl (C=O) groups is 1. The summed E-state index contributed by atoms with van der Waals surface area (Å²) < 4.78 is 0. The molecular weight excluding hydrogens is 148 g/mol. The Bertz CT molecular complexity index is 98.5. The van der Waals surface area contributed by atoms with Crippen LogP contribution in [0.4, 0.5) is 0 Å². The molecule has 70 valence electrons. The average Bonchev–Trinajstić information content (AvgIpc) is 1.63. The molecule has 0 amide bonds. The fourth-order valence-electron chi connectivity index (χ4n) is 0.540. The summed E-state index contributed by atoms with van der Waals surface area (Å²) in [7, 11) is 0. The number of rotatable bonds is 4. The molecule has 1 unspecified atom stereocenters. The van der Waals surface area contributed by atoms with E-state index >= 15 is 0 Å². The van der Waals surface area contributed by atoms with Crippen molar-refractivity contribution in [1.29, 1.82) is 0 Å². The first-order valence-corrected chi connectivity index (χ1v) is 2.84. The molecule has 0 radical (unpaired) electrons. The average molecular weight is 166 g/mol. The third-order valence-corrected chi connectivity index (χ3v) is 0.974. The van der Waals surface area contributed by atoms with E-state index in [9.17, 15) is 4.79 Å². The summed E-state index contributed by atoms with van der Waals surface area (Å²) in [5, 5.41) is 8.19. The van der Waals surface area contributed by atoms with Crippen LogP contribution in [0.25, 0.3) is 0 Å². The standard InChI is InChI=1S/C5H12N2O2.2H3N/c6-2-1-4(7)3-5(8)9;;/h4H,1-3,6-7H2,(H,8,9);2*1H3. The largest absolute Gasteiger partial charge is 0.481 e. The molecule has 6 nitrogen and oxygen atoms in total.